The minimum Gasteiger partial charge on any atom is -0.457 e. The van der Waals surface area contributed by atoms with Gasteiger partial charge in [-0.2, -0.15) is 5.10 Å². The van der Waals surface area contributed by atoms with Gasteiger partial charge in [-0.1, -0.05) is 0 Å². The van der Waals surface area contributed by atoms with Crippen molar-refractivity contribution in [2.45, 2.75) is 26.7 Å². The summed E-state index contributed by atoms with van der Waals surface area (Å²) in [6.45, 7) is 4.00. The Bertz CT molecular complexity index is 886. The molecule has 0 aliphatic heterocycles. The van der Waals surface area contributed by atoms with Crippen LogP contribution in [0.4, 0.5) is 5.69 Å². The van der Waals surface area contributed by atoms with E-state index in [9.17, 15) is 4.79 Å². The van der Waals surface area contributed by atoms with E-state index >= 15 is 0 Å². The van der Waals surface area contributed by atoms with E-state index in [-0.39, 0.29) is 5.91 Å². The van der Waals surface area contributed by atoms with Crippen molar-refractivity contribution in [2.24, 2.45) is 7.05 Å². The predicted molar refractivity (Wildman–Crippen MR) is 100 cm³/mol. The molecule has 2 heterocycles. The molecule has 0 saturated heterocycles. The molecule has 0 spiro atoms. The van der Waals surface area contributed by atoms with Crippen LogP contribution in [0.15, 0.2) is 48.8 Å². The fourth-order valence-corrected chi connectivity index (χ4v) is 2.79. The van der Waals surface area contributed by atoms with E-state index in [0.29, 0.717) is 18.6 Å². The molecule has 3 aromatic rings. The second kappa shape index (κ2) is 7.82. The smallest absolute Gasteiger partial charge is 0.224 e. The van der Waals surface area contributed by atoms with Crippen LogP contribution in [0.3, 0.4) is 0 Å². The lowest BCUT2D eigenvalue weighted by Crippen LogP contribution is -2.12. The predicted octanol–water partition coefficient (Wildman–Crippen LogP) is 3.80. The summed E-state index contributed by atoms with van der Waals surface area (Å²) in [5.74, 6) is 1.41. The highest BCUT2D eigenvalue weighted by molar-refractivity contribution is 5.90. The minimum absolute atomic E-state index is 0.0181. The Hall–Kier alpha value is -3.15. The first-order chi connectivity index (χ1) is 12.5. The Morgan fingerprint density at radius 1 is 1.08 bits per heavy atom. The van der Waals surface area contributed by atoms with Crippen LogP contribution in [-0.2, 0) is 18.3 Å². The molecule has 0 aliphatic carbocycles. The van der Waals surface area contributed by atoms with E-state index in [1.807, 2.05) is 49.8 Å². The summed E-state index contributed by atoms with van der Waals surface area (Å²) < 4.78 is 7.56. The van der Waals surface area contributed by atoms with Gasteiger partial charge in [-0.25, -0.2) is 0 Å². The number of benzene rings is 1. The Morgan fingerprint density at radius 3 is 2.35 bits per heavy atom. The molecule has 0 radical (unpaired) electrons. The number of carbonyl (C=O) groups is 1. The molecular formula is C20H22N4O2. The molecule has 26 heavy (non-hydrogen) atoms. The van der Waals surface area contributed by atoms with Crippen molar-refractivity contribution in [3.63, 3.8) is 0 Å². The number of nitrogens with zero attached hydrogens (tertiary/aromatic N) is 3. The molecule has 2 aromatic heterocycles. The first-order valence-corrected chi connectivity index (χ1v) is 8.50. The van der Waals surface area contributed by atoms with Gasteiger partial charge >= 0.3 is 0 Å². The van der Waals surface area contributed by atoms with E-state index in [4.69, 9.17) is 4.74 Å². The van der Waals surface area contributed by atoms with E-state index in [1.54, 1.807) is 24.5 Å². The highest BCUT2D eigenvalue weighted by Crippen LogP contribution is 2.22. The van der Waals surface area contributed by atoms with Gasteiger partial charge in [0.1, 0.15) is 11.5 Å². The molecule has 0 unspecified atom stereocenters. The van der Waals surface area contributed by atoms with Gasteiger partial charge in [0.25, 0.3) is 0 Å². The molecule has 0 atom stereocenters. The number of ether oxygens (including phenoxy) is 1. The Kier molecular flexibility index (Phi) is 5.31. The van der Waals surface area contributed by atoms with Gasteiger partial charge < -0.3 is 10.1 Å². The van der Waals surface area contributed by atoms with Crippen LogP contribution >= 0.6 is 0 Å². The van der Waals surface area contributed by atoms with Crippen LogP contribution in [0.1, 0.15) is 23.4 Å². The number of aromatic nitrogens is 3. The third kappa shape index (κ3) is 4.27. The Balaban J connectivity index is 1.54. The molecular weight excluding hydrogens is 328 g/mol. The van der Waals surface area contributed by atoms with E-state index in [2.05, 4.69) is 15.4 Å². The average Bonchev–Trinajstić information content (AvgIpc) is 2.88. The van der Waals surface area contributed by atoms with Gasteiger partial charge in [-0.3, -0.25) is 14.5 Å². The molecule has 3 rings (SSSR count). The molecule has 6 heteroatoms. The monoisotopic (exact) mass is 350 g/mol. The minimum atomic E-state index is -0.0181. The highest BCUT2D eigenvalue weighted by Gasteiger charge is 2.11. The average molecular weight is 350 g/mol. The summed E-state index contributed by atoms with van der Waals surface area (Å²) in [5, 5.41) is 7.30. The zero-order valence-corrected chi connectivity index (χ0v) is 15.2. The summed E-state index contributed by atoms with van der Waals surface area (Å²) in [4.78, 5) is 16.2. The van der Waals surface area contributed by atoms with Crippen molar-refractivity contribution in [1.29, 1.82) is 0 Å². The van der Waals surface area contributed by atoms with Crippen LogP contribution in [0.25, 0.3) is 0 Å². The topological polar surface area (TPSA) is 69.0 Å². The van der Waals surface area contributed by atoms with Gasteiger partial charge in [0.15, 0.2) is 0 Å². The van der Waals surface area contributed by atoms with Gasteiger partial charge in [0.05, 0.1) is 5.69 Å². The number of pyridine rings is 1. The summed E-state index contributed by atoms with van der Waals surface area (Å²) in [6, 6.07) is 10.9. The first kappa shape index (κ1) is 17.7. The van der Waals surface area contributed by atoms with Gasteiger partial charge in [0, 0.05) is 37.2 Å². The summed E-state index contributed by atoms with van der Waals surface area (Å²) >= 11 is 0. The lowest BCUT2D eigenvalue weighted by atomic mass is 10.1. The highest BCUT2D eigenvalue weighted by atomic mass is 16.5. The second-order valence-corrected chi connectivity index (χ2v) is 6.13. The number of anilines is 1. The van der Waals surface area contributed by atoms with Crippen molar-refractivity contribution in [2.75, 3.05) is 5.32 Å². The number of aryl methyl sites for hydroxylation is 2. The third-order valence-corrected chi connectivity index (χ3v) is 4.28. The quantitative estimate of drug-likeness (QED) is 0.734. The van der Waals surface area contributed by atoms with E-state index in [0.717, 1.165) is 28.4 Å². The van der Waals surface area contributed by atoms with E-state index < -0.39 is 0 Å². The number of hydrogen-bond donors (Lipinski definition) is 1. The molecule has 1 aromatic carbocycles. The molecule has 0 aliphatic rings. The molecule has 1 N–H and O–H groups in total. The summed E-state index contributed by atoms with van der Waals surface area (Å²) in [6.07, 6.45) is 4.45. The number of amides is 1. The maximum Gasteiger partial charge on any atom is 0.224 e. The summed E-state index contributed by atoms with van der Waals surface area (Å²) in [7, 11) is 1.92. The zero-order valence-electron chi connectivity index (χ0n) is 15.2. The van der Waals surface area contributed by atoms with Crippen LogP contribution in [0.5, 0.6) is 11.5 Å². The number of carbonyl (C=O) groups excluding carboxylic acids is 1. The van der Waals surface area contributed by atoms with Gasteiger partial charge in [-0.05, 0) is 62.2 Å². The molecule has 134 valence electrons. The fraction of sp³-hybridized carbons (Fsp3) is 0.250. The zero-order chi connectivity index (χ0) is 18.5. The maximum atomic E-state index is 12.2. The lowest BCUT2D eigenvalue weighted by Gasteiger charge is -2.08. The van der Waals surface area contributed by atoms with Crippen LogP contribution in [0.2, 0.25) is 0 Å². The molecule has 0 bridgehead atoms. The molecule has 1 amide bonds. The van der Waals surface area contributed by atoms with Gasteiger partial charge in [0.2, 0.25) is 5.91 Å². The standard InChI is InChI=1S/C20H22N4O2/c1-14-19(15(2)24(3)23-14)8-9-20(25)22-16-4-6-17(7-5-16)26-18-10-12-21-13-11-18/h4-7,10-13H,8-9H2,1-3H3,(H,22,25). The Labute approximate surface area is 152 Å². The van der Waals surface area contributed by atoms with E-state index in [1.165, 1.54) is 0 Å². The molecule has 6 nitrogen and oxygen atoms in total. The third-order valence-electron chi connectivity index (χ3n) is 4.28. The van der Waals surface area contributed by atoms with Crippen molar-refractivity contribution in [3.05, 3.63) is 65.7 Å². The van der Waals surface area contributed by atoms with Crippen molar-refractivity contribution in [3.8, 4) is 11.5 Å². The van der Waals surface area contributed by atoms with Crippen molar-refractivity contribution >= 4 is 11.6 Å². The van der Waals surface area contributed by atoms with Crippen molar-refractivity contribution < 1.29 is 9.53 Å². The van der Waals surface area contributed by atoms with Crippen molar-refractivity contribution in [1.82, 2.24) is 14.8 Å². The SMILES string of the molecule is Cc1nn(C)c(C)c1CCC(=O)Nc1ccc(Oc2ccncc2)cc1. The lowest BCUT2D eigenvalue weighted by molar-refractivity contribution is -0.116. The molecule has 0 fully saturated rings. The van der Waals surface area contributed by atoms with Crippen LogP contribution in [0, 0.1) is 13.8 Å². The first-order valence-electron chi connectivity index (χ1n) is 8.50. The maximum absolute atomic E-state index is 12.2. The normalized spacial score (nSPS) is 10.6. The van der Waals surface area contributed by atoms with Gasteiger partial charge in [-0.15, -0.1) is 0 Å². The molecule has 0 saturated carbocycles. The summed E-state index contributed by atoms with van der Waals surface area (Å²) in [5.41, 5.74) is 3.98. The van der Waals surface area contributed by atoms with Crippen LogP contribution in [-0.4, -0.2) is 20.7 Å². The van der Waals surface area contributed by atoms with Crippen LogP contribution < -0.4 is 10.1 Å². The second-order valence-electron chi connectivity index (χ2n) is 6.13. The fourth-order valence-electron chi connectivity index (χ4n) is 2.79. The number of rotatable bonds is 6. The largest absolute Gasteiger partial charge is 0.457 e. The number of hydrogen-bond acceptors (Lipinski definition) is 4. The number of nitrogens with one attached hydrogen (secondary N) is 1. The Morgan fingerprint density at radius 2 is 1.73 bits per heavy atom.